The monoisotopic (exact) mass is 428 g/mol. The lowest BCUT2D eigenvalue weighted by Crippen LogP contribution is -2.37. The molecule has 0 radical (unpaired) electrons. The van der Waals surface area contributed by atoms with Crippen molar-refractivity contribution in [1.29, 1.82) is 0 Å². The number of carbonyl (C=O) groups is 1. The van der Waals surface area contributed by atoms with Crippen molar-refractivity contribution < 1.29 is 23.1 Å². The van der Waals surface area contributed by atoms with Crippen LogP contribution in [-0.4, -0.2) is 36.8 Å². The van der Waals surface area contributed by atoms with Crippen LogP contribution in [0.1, 0.15) is 105 Å². The van der Waals surface area contributed by atoms with E-state index >= 15 is 0 Å². The molecule has 28 heavy (non-hydrogen) atoms. The third kappa shape index (κ3) is 17.8. The van der Waals surface area contributed by atoms with Crippen LogP contribution in [0, 0.1) is 0 Å². The third-order valence-electron chi connectivity index (χ3n) is 5.18. The molecule has 0 saturated heterocycles. The Morgan fingerprint density at radius 1 is 0.643 bits per heavy atom. The van der Waals surface area contributed by atoms with Gasteiger partial charge in [-0.25, -0.2) is 0 Å². The summed E-state index contributed by atoms with van der Waals surface area (Å²) in [6, 6.07) is 0. The second kappa shape index (κ2) is 18.7. The van der Waals surface area contributed by atoms with Gasteiger partial charge in [-0.2, -0.15) is 13.2 Å². The quantitative estimate of drug-likeness (QED) is 0.195. The van der Waals surface area contributed by atoms with E-state index in [0.29, 0.717) is 0 Å². The van der Waals surface area contributed by atoms with E-state index in [0.717, 1.165) is 0 Å². The molecule has 170 valence electrons. The highest BCUT2D eigenvalue weighted by Crippen LogP contribution is 2.61. The molecule has 0 aromatic carbocycles. The highest BCUT2D eigenvalue weighted by molar-refractivity contribution is 7.75. The molecule has 0 bridgehead atoms. The molecule has 0 atom stereocenters. The Hall–Kier alpha value is -0.310. The minimum absolute atomic E-state index is 0.601. The van der Waals surface area contributed by atoms with Crippen molar-refractivity contribution in [2.75, 3.05) is 24.6 Å². The van der Waals surface area contributed by atoms with Crippen molar-refractivity contribution in [3.63, 3.8) is 0 Å². The van der Waals surface area contributed by atoms with E-state index in [1.807, 2.05) is 0 Å². The Labute approximate surface area is 172 Å². The third-order valence-corrected chi connectivity index (χ3v) is 10.2. The number of hydrogen-bond donors (Lipinski definition) is 0. The van der Waals surface area contributed by atoms with Gasteiger partial charge in [-0.05, 0) is 32.1 Å². The van der Waals surface area contributed by atoms with E-state index in [-0.39, 0.29) is 0 Å². The van der Waals surface area contributed by atoms with Crippen LogP contribution in [0.4, 0.5) is 13.2 Å². The SMILES string of the molecule is CCCCCCCC[P+](CCCC)(CCCC)CCCC.O=C([O-])C(F)(F)F. The fourth-order valence-corrected chi connectivity index (χ4v) is 8.58. The lowest BCUT2D eigenvalue weighted by Gasteiger charge is -2.28. The zero-order chi connectivity index (χ0) is 21.9. The summed E-state index contributed by atoms with van der Waals surface area (Å²) in [5.41, 5.74) is 0. The summed E-state index contributed by atoms with van der Waals surface area (Å²) in [6.07, 6.45) is 18.8. The number of aliphatic carboxylic acids is 1. The fourth-order valence-electron chi connectivity index (χ4n) is 3.38. The largest absolute Gasteiger partial charge is 0.542 e. The molecule has 0 aromatic rings. The number of alkyl halides is 3. The molecule has 6 heteroatoms. The predicted molar refractivity (Wildman–Crippen MR) is 116 cm³/mol. The smallest absolute Gasteiger partial charge is 0.430 e. The first-order valence-electron chi connectivity index (χ1n) is 11.3. The molecule has 0 N–H and O–H groups in total. The average Bonchev–Trinajstić information content (AvgIpc) is 2.65. The van der Waals surface area contributed by atoms with E-state index in [9.17, 15) is 13.2 Å². The Bertz CT molecular complexity index is 338. The second-order valence-electron chi connectivity index (χ2n) is 7.85. The van der Waals surface area contributed by atoms with Crippen LogP contribution in [-0.2, 0) is 4.79 Å². The Balaban J connectivity index is 0. The molecule has 0 amide bonds. The Kier molecular flexibility index (Phi) is 20.0. The summed E-state index contributed by atoms with van der Waals surface area (Å²) in [5.74, 6) is -3.01. The van der Waals surface area contributed by atoms with Gasteiger partial charge in [-0.15, -0.1) is 0 Å². The number of hydrogen-bond acceptors (Lipinski definition) is 2. The first-order valence-corrected chi connectivity index (χ1v) is 13.8. The van der Waals surface area contributed by atoms with Crippen molar-refractivity contribution >= 4 is 13.2 Å². The summed E-state index contributed by atoms with van der Waals surface area (Å²) in [5, 5.41) is 8.78. The molecule has 0 aliphatic rings. The van der Waals surface area contributed by atoms with Crippen molar-refractivity contribution in [2.45, 2.75) is 111 Å². The van der Waals surface area contributed by atoms with Crippen LogP contribution in [0.5, 0.6) is 0 Å². The molecule has 0 aliphatic heterocycles. The standard InChI is InChI=1S/C20H44P.C2HF3O2/c1-5-9-13-14-15-16-20-21(17-10-6-2,18-11-7-3)19-12-8-4;3-2(4,5)1(6)7/h5-20H2,1-4H3;(H,6,7)/q+1;/p-1. The molecular formula is C22H44F3O2P. The van der Waals surface area contributed by atoms with Crippen LogP contribution in [0.25, 0.3) is 0 Å². The van der Waals surface area contributed by atoms with E-state index in [1.165, 1.54) is 77.0 Å². The first kappa shape index (κ1) is 29.9. The van der Waals surface area contributed by atoms with Crippen molar-refractivity contribution in [2.24, 2.45) is 0 Å². The number of carboxylic acids is 1. The van der Waals surface area contributed by atoms with Gasteiger partial charge >= 0.3 is 6.18 Å². The van der Waals surface area contributed by atoms with Crippen LogP contribution >= 0.6 is 7.26 Å². The highest BCUT2D eigenvalue weighted by atomic mass is 31.2. The van der Waals surface area contributed by atoms with Gasteiger partial charge in [0.2, 0.25) is 0 Å². The molecule has 0 spiro atoms. The second-order valence-corrected chi connectivity index (χ2v) is 12.3. The van der Waals surface area contributed by atoms with Crippen LogP contribution < -0.4 is 5.11 Å². The molecular weight excluding hydrogens is 384 g/mol. The number of carbonyl (C=O) groups excluding carboxylic acids is 1. The lowest BCUT2D eigenvalue weighted by atomic mass is 10.1. The van der Waals surface area contributed by atoms with Crippen molar-refractivity contribution in [3.05, 3.63) is 0 Å². The molecule has 0 rings (SSSR count). The zero-order valence-corrected chi connectivity index (χ0v) is 19.6. The summed E-state index contributed by atoms with van der Waals surface area (Å²) in [7, 11) is -0.601. The van der Waals surface area contributed by atoms with Gasteiger partial charge < -0.3 is 9.90 Å². The normalized spacial score (nSPS) is 11.8. The minimum atomic E-state index is -5.19. The molecule has 0 aromatic heterocycles. The molecule has 2 nitrogen and oxygen atoms in total. The molecule has 0 heterocycles. The maximum absolute atomic E-state index is 10.5. The lowest BCUT2D eigenvalue weighted by molar-refractivity contribution is -0.344. The first-order chi connectivity index (χ1) is 13.2. The van der Waals surface area contributed by atoms with Crippen molar-refractivity contribution in [3.8, 4) is 0 Å². The summed E-state index contributed by atoms with van der Waals surface area (Å²) in [6.45, 7) is 9.44. The molecule has 0 unspecified atom stereocenters. The van der Waals surface area contributed by atoms with Gasteiger partial charge in [0, 0.05) is 7.26 Å². The molecule has 0 saturated carbocycles. The predicted octanol–water partition coefficient (Wildman–Crippen LogP) is 7.06. The van der Waals surface area contributed by atoms with Gasteiger partial charge in [-0.3, -0.25) is 0 Å². The van der Waals surface area contributed by atoms with Gasteiger partial charge in [0.1, 0.15) is 5.97 Å². The highest BCUT2D eigenvalue weighted by Gasteiger charge is 2.34. The molecule has 0 fully saturated rings. The van der Waals surface area contributed by atoms with Gasteiger partial charge in [0.25, 0.3) is 0 Å². The van der Waals surface area contributed by atoms with Crippen LogP contribution in [0.2, 0.25) is 0 Å². The average molecular weight is 429 g/mol. The van der Waals surface area contributed by atoms with E-state index in [1.54, 1.807) is 24.6 Å². The number of carboxylic acid groups (broad SMARTS) is 1. The Morgan fingerprint density at radius 3 is 1.25 bits per heavy atom. The summed E-state index contributed by atoms with van der Waals surface area (Å²) >= 11 is 0. The van der Waals surface area contributed by atoms with Crippen LogP contribution in [0.15, 0.2) is 0 Å². The zero-order valence-electron chi connectivity index (χ0n) is 18.7. The number of rotatable bonds is 16. The summed E-state index contributed by atoms with van der Waals surface area (Å²) < 4.78 is 31.5. The number of halogens is 3. The maximum atomic E-state index is 10.5. The minimum Gasteiger partial charge on any atom is -0.542 e. The summed E-state index contributed by atoms with van der Waals surface area (Å²) in [4.78, 5) is 8.78. The van der Waals surface area contributed by atoms with E-state index in [4.69, 9.17) is 9.90 Å². The molecule has 0 aliphatic carbocycles. The van der Waals surface area contributed by atoms with E-state index < -0.39 is 19.4 Å². The Morgan fingerprint density at radius 2 is 0.929 bits per heavy atom. The fraction of sp³-hybridized carbons (Fsp3) is 0.955. The number of unbranched alkanes of at least 4 members (excludes halogenated alkanes) is 8. The van der Waals surface area contributed by atoms with E-state index in [2.05, 4.69) is 27.7 Å². The topological polar surface area (TPSA) is 40.1 Å². The van der Waals surface area contributed by atoms with Gasteiger partial charge in [0.15, 0.2) is 0 Å². The maximum Gasteiger partial charge on any atom is 0.430 e. The van der Waals surface area contributed by atoms with Gasteiger partial charge in [0.05, 0.1) is 24.6 Å². The van der Waals surface area contributed by atoms with Gasteiger partial charge in [-0.1, -0.05) is 72.6 Å². The van der Waals surface area contributed by atoms with Crippen LogP contribution in [0.3, 0.4) is 0 Å². The van der Waals surface area contributed by atoms with Crippen molar-refractivity contribution in [1.82, 2.24) is 0 Å².